The Bertz CT molecular complexity index is 1040. The first-order valence-electron chi connectivity index (χ1n) is 8.46. The molecule has 3 rings (SSSR count). The van der Waals surface area contributed by atoms with Gasteiger partial charge in [-0.25, -0.2) is 9.37 Å². The third-order valence-electron chi connectivity index (χ3n) is 4.14. The lowest BCUT2D eigenvalue weighted by molar-refractivity contribution is -0.137. The number of rotatable bonds is 6. The van der Waals surface area contributed by atoms with Gasteiger partial charge in [0.05, 0.1) is 23.9 Å². The number of aryl methyl sites for hydroxylation is 2. The summed E-state index contributed by atoms with van der Waals surface area (Å²) in [6.07, 6.45) is 1.86. The average Bonchev–Trinajstić information content (AvgIpc) is 2.97. The zero-order valence-corrected chi connectivity index (χ0v) is 16.9. The number of benzene rings is 1. The normalized spacial score (nSPS) is 11.1. The summed E-state index contributed by atoms with van der Waals surface area (Å²) in [5, 5.41) is 0.962. The van der Waals surface area contributed by atoms with E-state index in [-0.39, 0.29) is 17.1 Å². The fourth-order valence-electron chi connectivity index (χ4n) is 2.77. The summed E-state index contributed by atoms with van der Waals surface area (Å²) in [4.78, 5) is 31.3. The van der Waals surface area contributed by atoms with Crippen LogP contribution < -0.4 is 5.56 Å². The van der Waals surface area contributed by atoms with E-state index in [1.165, 1.54) is 47.3 Å². The summed E-state index contributed by atoms with van der Waals surface area (Å²) in [6.45, 7) is 4.02. The molecule has 0 aliphatic heterocycles. The van der Waals surface area contributed by atoms with Gasteiger partial charge >= 0.3 is 5.97 Å². The van der Waals surface area contributed by atoms with Gasteiger partial charge < -0.3 is 4.74 Å². The second-order valence-electron chi connectivity index (χ2n) is 5.96. The van der Waals surface area contributed by atoms with Crippen molar-refractivity contribution in [3.63, 3.8) is 0 Å². The number of aromatic nitrogens is 2. The molecule has 1 aromatic carbocycles. The molecule has 2 aromatic heterocycles. The maximum atomic E-state index is 13.3. The van der Waals surface area contributed by atoms with E-state index in [9.17, 15) is 14.0 Å². The van der Waals surface area contributed by atoms with Crippen LogP contribution in [0.25, 0.3) is 15.9 Å². The molecule has 142 valence electrons. The molecular formula is C19H19FN2O3S2. The largest absolute Gasteiger partial charge is 0.468 e. The average molecular weight is 407 g/mol. The Morgan fingerprint density at radius 1 is 1.33 bits per heavy atom. The molecule has 0 spiro atoms. The zero-order chi connectivity index (χ0) is 19.6. The van der Waals surface area contributed by atoms with E-state index in [0.717, 1.165) is 35.0 Å². The number of fused-ring (bicyclic) bond motifs is 1. The Kier molecular flexibility index (Phi) is 5.96. The second-order valence-corrected chi connectivity index (χ2v) is 7.98. The smallest absolute Gasteiger partial charge is 0.316 e. The maximum Gasteiger partial charge on any atom is 0.316 e. The van der Waals surface area contributed by atoms with Crippen LogP contribution in [0.3, 0.4) is 0 Å². The lowest BCUT2D eigenvalue weighted by Crippen LogP contribution is -2.22. The molecular weight excluding hydrogens is 387 g/mol. The first kappa shape index (κ1) is 19.6. The van der Waals surface area contributed by atoms with E-state index >= 15 is 0 Å². The van der Waals surface area contributed by atoms with Crippen molar-refractivity contribution in [3.8, 4) is 5.69 Å². The van der Waals surface area contributed by atoms with E-state index in [1.807, 2.05) is 6.92 Å². The number of halogens is 1. The van der Waals surface area contributed by atoms with Crippen molar-refractivity contribution in [3.05, 3.63) is 50.9 Å². The predicted molar refractivity (Wildman–Crippen MR) is 107 cm³/mol. The Morgan fingerprint density at radius 3 is 2.67 bits per heavy atom. The molecule has 0 unspecified atom stereocenters. The lowest BCUT2D eigenvalue weighted by Gasteiger charge is -2.12. The molecule has 27 heavy (non-hydrogen) atoms. The van der Waals surface area contributed by atoms with Crippen LogP contribution in [-0.2, 0) is 16.0 Å². The molecule has 8 heteroatoms. The van der Waals surface area contributed by atoms with Gasteiger partial charge in [-0.1, -0.05) is 25.1 Å². The Balaban J connectivity index is 2.23. The highest BCUT2D eigenvalue weighted by molar-refractivity contribution is 7.99. The predicted octanol–water partition coefficient (Wildman–Crippen LogP) is 4.11. The molecule has 0 bridgehead atoms. The molecule has 0 amide bonds. The van der Waals surface area contributed by atoms with E-state index in [4.69, 9.17) is 0 Å². The number of methoxy groups -OCH3 is 1. The van der Waals surface area contributed by atoms with Crippen LogP contribution in [-0.4, -0.2) is 28.4 Å². The quantitative estimate of drug-likeness (QED) is 0.350. The van der Waals surface area contributed by atoms with Crippen LogP contribution in [0.15, 0.2) is 34.2 Å². The minimum absolute atomic E-state index is 0.0296. The number of esters is 1. The van der Waals surface area contributed by atoms with E-state index in [2.05, 4.69) is 16.6 Å². The third kappa shape index (κ3) is 3.91. The van der Waals surface area contributed by atoms with E-state index < -0.39 is 5.97 Å². The van der Waals surface area contributed by atoms with Crippen LogP contribution in [0.1, 0.15) is 23.8 Å². The number of nitrogens with zero attached hydrogens (tertiary/aromatic N) is 2. The van der Waals surface area contributed by atoms with E-state index in [0.29, 0.717) is 21.1 Å². The van der Waals surface area contributed by atoms with E-state index in [1.54, 1.807) is 0 Å². The van der Waals surface area contributed by atoms with Crippen LogP contribution in [0, 0.1) is 12.7 Å². The molecule has 0 N–H and O–H groups in total. The fourth-order valence-corrected chi connectivity index (χ4v) is 4.94. The second kappa shape index (κ2) is 8.22. The molecule has 0 atom stereocenters. The number of carbonyl (C=O) groups excluding carboxylic acids is 1. The van der Waals surface area contributed by atoms with Crippen LogP contribution in [0.5, 0.6) is 0 Å². The molecule has 0 saturated heterocycles. The van der Waals surface area contributed by atoms with Crippen molar-refractivity contribution in [2.45, 2.75) is 31.8 Å². The topological polar surface area (TPSA) is 61.2 Å². The summed E-state index contributed by atoms with van der Waals surface area (Å²) < 4.78 is 19.5. The van der Waals surface area contributed by atoms with Gasteiger partial charge in [-0.15, -0.1) is 11.3 Å². The first-order chi connectivity index (χ1) is 13.0. The van der Waals surface area contributed by atoms with Gasteiger partial charge in [-0.3, -0.25) is 14.2 Å². The van der Waals surface area contributed by atoms with Crippen molar-refractivity contribution in [2.75, 3.05) is 12.9 Å². The van der Waals surface area contributed by atoms with Crippen LogP contribution in [0.4, 0.5) is 4.39 Å². The number of thiophene rings is 1. The number of thioether (sulfide) groups is 1. The highest BCUT2D eigenvalue weighted by atomic mass is 32.2. The third-order valence-corrected chi connectivity index (χ3v) is 6.30. The van der Waals surface area contributed by atoms with Crippen LogP contribution in [0.2, 0.25) is 0 Å². The minimum Gasteiger partial charge on any atom is -0.468 e. The molecule has 0 aliphatic rings. The molecule has 0 saturated carbocycles. The number of carbonyl (C=O) groups is 1. The minimum atomic E-state index is -0.408. The Morgan fingerprint density at radius 2 is 2.04 bits per heavy atom. The van der Waals surface area contributed by atoms with Gasteiger partial charge in [0.1, 0.15) is 10.6 Å². The van der Waals surface area contributed by atoms with Gasteiger partial charge in [0.2, 0.25) is 0 Å². The molecule has 5 nitrogen and oxygen atoms in total. The number of hydrogen-bond donors (Lipinski definition) is 0. The first-order valence-corrected chi connectivity index (χ1v) is 10.3. The molecule has 3 aromatic rings. The monoisotopic (exact) mass is 406 g/mol. The van der Waals surface area contributed by atoms with Crippen molar-refractivity contribution in [1.82, 2.24) is 9.55 Å². The summed E-state index contributed by atoms with van der Waals surface area (Å²) in [5.74, 6) is -0.766. The van der Waals surface area contributed by atoms with Gasteiger partial charge in [0, 0.05) is 4.88 Å². The highest BCUT2D eigenvalue weighted by Crippen LogP contribution is 2.31. The number of hydrogen-bond acceptors (Lipinski definition) is 6. The van der Waals surface area contributed by atoms with Crippen molar-refractivity contribution in [2.24, 2.45) is 0 Å². The maximum absolute atomic E-state index is 13.3. The van der Waals surface area contributed by atoms with Gasteiger partial charge in [-0.05, 0) is 43.2 Å². The fraction of sp³-hybridized carbons (Fsp3) is 0.316. The molecule has 0 radical (unpaired) electrons. The summed E-state index contributed by atoms with van der Waals surface area (Å²) in [5.41, 5.74) is 1.23. The Hall–Kier alpha value is -2.19. The Labute approximate surface area is 164 Å². The summed E-state index contributed by atoms with van der Waals surface area (Å²) >= 11 is 2.64. The SMILES string of the molecule is CCCc1sc2nc(SCC(=O)OC)n(-c3ccc(F)cc3)c(=O)c2c1C. The van der Waals surface area contributed by atoms with Crippen molar-refractivity contribution >= 4 is 39.3 Å². The van der Waals surface area contributed by atoms with Crippen molar-refractivity contribution < 1.29 is 13.9 Å². The lowest BCUT2D eigenvalue weighted by atomic mass is 10.1. The molecule has 0 fully saturated rings. The highest BCUT2D eigenvalue weighted by Gasteiger charge is 2.19. The molecule has 0 aliphatic carbocycles. The van der Waals surface area contributed by atoms with Gasteiger partial charge in [0.25, 0.3) is 5.56 Å². The zero-order valence-electron chi connectivity index (χ0n) is 15.2. The standard InChI is InChI=1S/C19H19FN2O3S2/c1-4-5-14-11(2)16-17(27-14)21-19(26-10-15(23)25-3)22(18(16)24)13-8-6-12(20)7-9-13/h6-9H,4-5,10H2,1-3H3. The molecule has 2 heterocycles. The summed E-state index contributed by atoms with van der Waals surface area (Å²) in [6, 6.07) is 5.65. The van der Waals surface area contributed by atoms with Gasteiger partial charge in [-0.2, -0.15) is 0 Å². The van der Waals surface area contributed by atoms with Gasteiger partial charge in [0.15, 0.2) is 5.16 Å². The van der Waals surface area contributed by atoms with Crippen LogP contribution >= 0.6 is 23.1 Å². The number of ether oxygens (including phenoxy) is 1. The summed E-state index contributed by atoms with van der Waals surface area (Å²) in [7, 11) is 1.31. The van der Waals surface area contributed by atoms with Crippen molar-refractivity contribution in [1.29, 1.82) is 0 Å².